The number of hydrogen-bond acceptors (Lipinski definition) is 2. The smallest absolute Gasteiger partial charge is 0.221 e. The van der Waals surface area contributed by atoms with Crippen LogP contribution >= 0.6 is 0 Å². The van der Waals surface area contributed by atoms with Crippen LogP contribution in [0.15, 0.2) is 0 Å². The molecule has 62 valence electrons. The largest absolute Gasteiger partial charge is 0.369 e. The van der Waals surface area contributed by atoms with Crippen molar-refractivity contribution in [2.45, 2.75) is 12.8 Å². The first kappa shape index (κ1) is 7.10. The summed E-state index contributed by atoms with van der Waals surface area (Å²) in [7, 11) is 0. The van der Waals surface area contributed by atoms with E-state index < -0.39 is 0 Å². The Balaban J connectivity index is 2.02. The van der Waals surface area contributed by atoms with Gasteiger partial charge in [0.2, 0.25) is 5.91 Å². The van der Waals surface area contributed by atoms with Gasteiger partial charge < -0.3 is 10.6 Å². The van der Waals surface area contributed by atoms with E-state index in [1.807, 2.05) is 0 Å². The molecule has 1 amide bonds. The maximum Gasteiger partial charge on any atom is 0.221 e. The van der Waals surface area contributed by atoms with Gasteiger partial charge in [-0.15, -0.1) is 0 Å². The molecular formula is C8H14N2O. The molecule has 0 radical (unpaired) electrons. The van der Waals surface area contributed by atoms with Gasteiger partial charge in [-0.2, -0.15) is 0 Å². The molecule has 0 spiro atoms. The van der Waals surface area contributed by atoms with Crippen LogP contribution in [0.4, 0.5) is 0 Å². The van der Waals surface area contributed by atoms with Crippen molar-refractivity contribution in [3.63, 3.8) is 0 Å². The Kier molecular flexibility index (Phi) is 1.60. The lowest BCUT2D eigenvalue weighted by Gasteiger charge is -2.27. The first-order valence-electron chi connectivity index (χ1n) is 4.27. The fourth-order valence-corrected chi connectivity index (χ4v) is 2.27. The van der Waals surface area contributed by atoms with Crippen molar-refractivity contribution in [1.82, 2.24) is 4.90 Å². The molecule has 2 N–H and O–H groups in total. The van der Waals surface area contributed by atoms with Gasteiger partial charge in [0.25, 0.3) is 0 Å². The molecule has 2 aliphatic heterocycles. The highest BCUT2D eigenvalue weighted by Crippen LogP contribution is 2.29. The number of rotatable bonds is 1. The van der Waals surface area contributed by atoms with Crippen LogP contribution in [0.3, 0.4) is 0 Å². The molecule has 2 fully saturated rings. The molecule has 1 unspecified atom stereocenters. The van der Waals surface area contributed by atoms with Crippen molar-refractivity contribution >= 4 is 5.91 Å². The van der Waals surface area contributed by atoms with E-state index in [0.29, 0.717) is 0 Å². The summed E-state index contributed by atoms with van der Waals surface area (Å²) < 4.78 is 0. The van der Waals surface area contributed by atoms with Crippen LogP contribution in [0.2, 0.25) is 0 Å². The molecule has 0 aromatic carbocycles. The third-order valence-corrected chi connectivity index (χ3v) is 2.87. The predicted octanol–water partition coefficient (Wildman–Crippen LogP) is -0.187. The van der Waals surface area contributed by atoms with Gasteiger partial charge >= 0.3 is 0 Å². The average molecular weight is 154 g/mol. The monoisotopic (exact) mass is 154 g/mol. The SMILES string of the molecule is NC(=O)[C@H]1C[C@@H]2CCN(C2)C1. The number of nitrogens with zero attached hydrogens (tertiary/aromatic N) is 1. The van der Waals surface area contributed by atoms with Gasteiger partial charge in [-0.25, -0.2) is 0 Å². The number of piperidine rings is 1. The van der Waals surface area contributed by atoms with Crippen LogP contribution in [0.5, 0.6) is 0 Å². The fourth-order valence-electron chi connectivity index (χ4n) is 2.27. The topological polar surface area (TPSA) is 46.3 Å². The molecule has 0 aromatic heterocycles. The summed E-state index contributed by atoms with van der Waals surface area (Å²) in [5, 5.41) is 0. The van der Waals surface area contributed by atoms with Crippen molar-refractivity contribution in [3.05, 3.63) is 0 Å². The van der Waals surface area contributed by atoms with Crippen LogP contribution in [-0.2, 0) is 4.79 Å². The van der Waals surface area contributed by atoms with Crippen molar-refractivity contribution in [3.8, 4) is 0 Å². The van der Waals surface area contributed by atoms with E-state index >= 15 is 0 Å². The highest BCUT2D eigenvalue weighted by Gasteiger charge is 2.34. The normalized spacial score (nSPS) is 42.4. The molecule has 0 aliphatic carbocycles. The van der Waals surface area contributed by atoms with Crippen LogP contribution in [0, 0.1) is 11.8 Å². The Morgan fingerprint density at radius 3 is 2.91 bits per heavy atom. The lowest BCUT2D eigenvalue weighted by atomic mass is 9.91. The summed E-state index contributed by atoms with van der Waals surface area (Å²) in [6, 6.07) is 0. The maximum atomic E-state index is 10.9. The van der Waals surface area contributed by atoms with E-state index in [0.717, 1.165) is 18.9 Å². The molecule has 2 heterocycles. The molecule has 2 saturated heterocycles. The fraction of sp³-hybridized carbons (Fsp3) is 0.875. The molecule has 2 aliphatic rings. The number of fused-ring (bicyclic) bond motifs is 2. The Labute approximate surface area is 66.5 Å². The standard InChI is InChI=1S/C8H14N2O/c9-8(11)7-3-6-1-2-10(4-6)5-7/h6-7H,1-5H2,(H2,9,11)/t6-,7-/m0/s1. The van der Waals surface area contributed by atoms with Gasteiger partial charge in [0.1, 0.15) is 0 Å². The Bertz CT molecular complexity index is 169. The second-order valence-electron chi connectivity index (χ2n) is 3.75. The molecule has 0 aromatic rings. The highest BCUT2D eigenvalue weighted by atomic mass is 16.1. The first-order chi connectivity index (χ1) is 5.25. The highest BCUT2D eigenvalue weighted by molar-refractivity contribution is 5.77. The van der Waals surface area contributed by atoms with Crippen molar-refractivity contribution < 1.29 is 4.79 Å². The van der Waals surface area contributed by atoms with E-state index in [2.05, 4.69) is 4.90 Å². The summed E-state index contributed by atoms with van der Waals surface area (Å²) >= 11 is 0. The van der Waals surface area contributed by atoms with Gasteiger partial charge in [-0.05, 0) is 25.3 Å². The third kappa shape index (κ3) is 1.25. The van der Waals surface area contributed by atoms with Crippen LogP contribution in [0.1, 0.15) is 12.8 Å². The first-order valence-corrected chi connectivity index (χ1v) is 4.27. The Hall–Kier alpha value is -0.570. The zero-order valence-electron chi connectivity index (χ0n) is 6.62. The quantitative estimate of drug-likeness (QED) is 0.569. The number of amides is 1. The lowest BCUT2D eigenvalue weighted by Crippen LogP contribution is -2.39. The molecule has 2 bridgehead atoms. The van der Waals surface area contributed by atoms with Gasteiger partial charge in [0.15, 0.2) is 0 Å². The number of carbonyl (C=O) groups excluding carboxylic acids is 1. The van der Waals surface area contributed by atoms with Crippen molar-refractivity contribution in [2.75, 3.05) is 19.6 Å². The molecule has 3 nitrogen and oxygen atoms in total. The lowest BCUT2D eigenvalue weighted by molar-refractivity contribution is -0.123. The Morgan fingerprint density at radius 1 is 1.45 bits per heavy atom. The second kappa shape index (κ2) is 2.48. The van der Waals surface area contributed by atoms with Gasteiger partial charge in [0, 0.05) is 13.1 Å². The summed E-state index contributed by atoms with van der Waals surface area (Å²) in [4.78, 5) is 13.2. The van der Waals surface area contributed by atoms with E-state index in [-0.39, 0.29) is 11.8 Å². The number of nitrogens with two attached hydrogens (primary N) is 1. The molecule has 0 saturated carbocycles. The average Bonchev–Trinajstić information content (AvgIpc) is 2.30. The minimum absolute atomic E-state index is 0.110. The Morgan fingerprint density at radius 2 is 2.27 bits per heavy atom. The number of carbonyl (C=O) groups is 1. The second-order valence-corrected chi connectivity index (χ2v) is 3.75. The molecular weight excluding hydrogens is 140 g/mol. The summed E-state index contributed by atoms with van der Waals surface area (Å²) in [6.07, 6.45) is 2.30. The van der Waals surface area contributed by atoms with Gasteiger partial charge in [-0.3, -0.25) is 4.79 Å². The predicted molar refractivity (Wildman–Crippen MR) is 41.8 cm³/mol. The van der Waals surface area contributed by atoms with Crippen LogP contribution < -0.4 is 5.73 Å². The summed E-state index contributed by atoms with van der Waals surface area (Å²) in [5.41, 5.74) is 5.25. The van der Waals surface area contributed by atoms with Crippen LogP contribution in [-0.4, -0.2) is 30.4 Å². The minimum atomic E-state index is -0.110. The third-order valence-electron chi connectivity index (χ3n) is 2.87. The van der Waals surface area contributed by atoms with E-state index in [9.17, 15) is 4.79 Å². The maximum absolute atomic E-state index is 10.9. The zero-order valence-corrected chi connectivity index (χ0v) is 6.62. The molecule has 2 rings (SSSR count). The van der Waals surface area contributed by atoms with Gasteiger partial charge in [-0.1, -0.05) is 0 Å². The van der Waals surface area contributed by atoms with Crippen molar-refractivity contribution in [2.24, 2.45) is 17.6 Å². The van der Waals surface area contributed by atoms with E-state index in [1.54, 1.807) is 0 Å². The molecule has 3 atom stereocenters. The summed E-state index contributed by atoms with van der Waals surface area (Å²) in [6.45, 7) is 3.28. The molecule has 3 heteroatoms. The zero-order chi connectivity index (χ0) is 7.84. The minimum Gasteiger partial charge on any atom is -0.369 e. The van der Waals surface area contributed by atoms with Gasteiger partial charge in [0.05, 0.1) is 5.92 Å². The van der Waals surface area contributed by atoms with E-state index in [4.69, 9.17) is 5.73 Å². The van der Waals surface area contributed by atoms with E-state index in [1.165, 1.54) is 19.5 Å². The number of primary amides is 1. The molecule has 11 heavy (non-hydrogen) atoms. The van der Waals surface area contributed by atoms with Crippen molar-refractivity contribution in [1.29, 1.82) is 0 Å². The number of hydrogen-bond donors (Lipinski definition) is 1. The summed E-state index contributed by atoms with van der Waals surface area (Å²) in [5.74, 6) is 0.777. The van der Waals surface area contributed by atoms with Crippen LogP contribution in [0.25, 0.3) is 0 Å².